The molecule has 0 aromatic rings. The highest BCUT2D eigenvalue weighted by molar-refractivity contribution is 6.28. The van der Waals surface area contributed by atoms with Crippen molar-refractivity contribution in [1.29, 1.82) is 0 Å². The van der Waals surface area contributed by atoms with E-state index >= 15 is 0 Å². The average Bonchev–Trinajstić information content (AvgIpc) is 3.22. The molecule has 138 valence electrons. The molecule has 4 fully saturated rings. The summed E-state index contributed by atoms with van der Waals surface area (Å²) in [6.45, 7) is 1.87. The molecule has 5 rings (SSSR count). The van der Waals surface area contributed by atoms with Crippen LogP contribution in [-0.2, 0) is 23.9 Å². The third-order valence-corrected chi connectivity index (χ3v) is 7.43. The summed E-state index contributed by atoms with van der Waals surface area (Å²) in [5, 5.41) is 0. The minimum Gasteiger partial charge on any atom is -0.462 e. The maximum absolute atomic E-state index is 13.6. The summed E-state index contributed by atoms with van der Waals surface area (Å²) in [5.41, 5.74) is -1.13. The van der Waals surface area contributed by atoms with Crippen molar-refractivity contribution in [3.05, 3.63) is 23.3 Å². The molecule has 26 heavy (non-hydrogen) atoms. The van der Waals surface area contributed by atoms with E-state index in [2.05, 4.69) is 0 Å². The van der Waals surface area contributed by atoms with Crippen molar-refractivity contribution in [2.24, 2.45) is 17.8 Å². The number of carbonyl (C=O) groups excluding carboxylic acids is 3. The van der Waals surface area contributed by atoms with Crippen molar-refractivity contribution in [1.82, 2.24) is 0 Å². The lowest BCUT2D eigenvalue weighted by atomic mass is 9.61. The van der Waals surface area contributed by atoms with Gasteiger partial charge in [-0.1, -0.05) is 12.8 Å². The van der Waals surface area contributed by atoms with Gasteiger partial charge in [0.05, 0.1) is 18.1 Å². The maximum Gasteiger partial charge on any atom is 0.342 e. The summed E-state index contributed by atoms with van der Waals surface area (Å²) >= 11 is 0. The molecular weight excluding hydrogens is 332 g/mol. The molecule has 3 aliphatic carbocycles. The molecule has 2 aliphatic heterocycles. The Labute approximate surface area is 152 Å². The molecule has 0 radical (unpaired) electrons. The van der Waals surface area contributed by atoms with E-state index in [1.54, 1.807) is 13.0 Å². The van der Waals surface area contributed by atoms with Gasteiger partial charge in [-0.05, 0) is 63.0 Å². The van der Waals surface area contributed by atoms with Crippen LogP contribution >= 0.6 is 0 Å². The highest BCUT2D eigenvalue weighted by Gasteiger charge is 2.68. The topological polar surface area (TPSA) is 69.7 Å². The molecule has 0 amide bonds. The van der Waals surface area contributed by atoms with E-state index in [1.165, 1.54) is 18.9 Å². The summed E-state index contributed by atoms with van der Waals surface area (Å²) in [6.07, 6.45) is 10.0. The number of esters is 1. The number of Topliss-reactive ketones (excluding diaryl/α,β-unsaturated/α-hetero) is 1. The number of hydrogen-bond donors (Lipinski definition) is 0. The van der Waals surface area contributed by atoms with E-state index in [9.17, 15) is 14.4 Å². The smallest absolute Gasteiger partial charge is 0.342 e. The van der Waals surface area contributed by atoms with E-state index in [4.69, 9.17) is 9.47 Å². The largest absolute Gasteiger partial charge is 0.462 e. The number of rotatable bonds is 2. The van der Waals surface area contributed by atoms with Crippen LogP contribution in [0.2, 0.25) is 0 Å². The molecular formula is C21H24O5. The van der Waals surface area contributed by atoms with Crippen LogP contribution < -0.4 is 0 Å². The van der Waals surface area contributed by atoms with Crippen LogP contribution in [0.1, 0.15) is 51.9 Å². The minimum atomic E-state index is -0.909. The molecule has 5 heteroatoms. The monoisotopic (exact) mass is 356 g/mol. The minimum absolute atomic E-state index is 0.0418. The van der Waals surface area contributed by atoms with Gasteiger partial charge in [0.25, 0.3) is 0 Å². The lowest BCUT2D eigenvalue weighted by molar-refractivity contribution is -0.185. The van der Waals surface area contributed by atoms with Crippen LogP contribution in [0.5, 0.6) is 0 Å². The molecule has 2 heterocycles. The number of ether oxygens (including phenoxy) is 2. The third kappa shape index (κ3) is 1.87. The highest BCUT2D eigenvalue weighted by Crippen LogP contribution is 2.64. The van der Waals surface area contributed by atoms with Crippen molar-refractivity contribution in [3.8, 4) is 0 Å². The molecule has 0 aromatic carbocycles. The number of fused-ring (bicyclic) bond motifs is 1. The number of hydrogen-bond acceptors (Lipinski definition) is 5. The van der Waals surface area contributed by atoms with Gasteiger partial charge in [0.1, 0.15) is 11.2 Å². The molecule has 5 aliphatic rings. The number of ketones is 2. The van der Waals surface area contributed by atoms with Crippen LogP contribution in [0, 0.1) is 17.8 Å². The molecule has 2 saturated carbocycles. The standard InChI is InChI=1S/C21H24O5/c1-2-25-19(24)16-15(22)8-9-20-10-11-21(26-20)13-5-3-4-12(13)6-7-14(21)18(23)17(16)20/h8-9,12-14H,2-7,10-11H2,1H3/t12-,13-,14+,20-,21-/m0/s1. The van der Waals surface area contributed by atoms with E-state index < -0.39 is 23.0 Å². The van der Waals surface area contributed by atoms with Gasteiger partial charge in [0, 0.05) is 5.57 Å². The summed E-state index contributed by atoms with van der Waals surface area (Å²) in [5.74, 6) is -0.310. The SMILES string of the molecule is CCOC(=O)C1=C2C(=O)[C@H]3CC[C@@H]4CCC[C@@H]4[C@@]34CC[C@]2(C=CC1=O)O4. The van der Waals surface area contributed by atoms with Crippen LogP contribution in [0.25, 0.3) is 0 Å². The molecule has 0 N–H and O–H groups in total. The number of carbonyl (C=O) groups is 3. The summed E-state index contributed by atoms with van der Waals surface area (Å²) in [7, 11) is 0. The Morgan fingerprint density at radius 2 is 2.08 bits per heavy atom. The fraction of sp³-hybridized carbons (Fsp3) is 0.667. The molecule has 0 unspecified atom stereocenters. The van der Waals surface area contributed by atoms with Crippen LogP contribution in [0.3, 0.4) is 0 Å². The predicted octanol–water partition coefficient (Wildman–Crippen LogP) is 2.68. The second kappa shape index (κ2) is 5.38. The first kappa shape index (κ1) is 16.4. The van der Waals surface area contributed by atoms with Crippen LogP contribution in [-0.4, -0.2) is 35.3 Å². The van der Waals surface area contributed by atoms with E-state index in [1.807, 2.05) is 0 Å². The van der Waals surface area contributed by atoms with E-state index in [-0.39, 0.29) is 29.5 Å². The Hall–Kier alpha value is -1.75. The van der Waals surface area contributed by atoms with Gasteiger partial charge in [0.2, 0.25) is 0 Å². The second-order valence-electron chi connectivity index (χ2n) is 8.41. The van der Waals surface area contributed by atoms with Gasteiger partial charge in [-0.3, -0.25) is 9.59 Å². The predicted molar refractivity (Wildman–Crippen MR) is 92.1 cm³/mol. The first-order valence-corrected chi connectivity index (χ1v) is 9.92. The van der Waals surface area contributed by atoms with Gasteiger partial charge >= 0.3 is 5.97 Å². The van der Waals surface area contributed by atoms with Crippen molar-refractivity contribution in [2.45, 2.75) is 63.1 Å². The fourth-order valence-corrected chi connectivity index (χ4v) is 6.51. The zero-order chi connectivity index (χ0) is 18.1. The molecule has 2 spiro atoms. The van der Waals surface area contributed by atoms with Crippen LogP contribution in [0.15, 0.2) is 23.3 Å². The van der Waals surface area contributed by atoms with E-state index in [0.717, 1.165) is 25.7 Å². The normalized spacial score (nSPS) is 43.2. The van der Waals surface area contributed by atoms with Crippen molar-refractivity contribution >= 4 is 17.5 Å². The van der Waals surface area contributed by atoms with Crippen molar-refractivity contribution in [2.75, 3.05) is 6.61 Å². The van der Waals surface area contributed by atoms with Crippen molar-refractivity contribution in [3.63, 3.8) is 0 Å². The molecule has 0 aromatic heterocycles. The zero-order valence-electron chi connectivity index (χ0n) is 15.1. The zero-order valence-corrected chi connectivity index (χ0v) is 15.1. The lowest BCUT2D eigenvalue weighted by Gasteiger charge is -2.53. The molecule has 5 nitrogen and oxygen atoms in total. The van der Waals surface area contributed by atoms with Gasteiger partial charge in [0.15, 0.2) is 11.6 Å². The quantitative estimate of drug-likeness (QED) is 0.562. The van der Waals surface area contributed by atoms with Gasteiger partial charge in [-0.15, -0.1) is 0 Å². The van der Waals surface area contributed by atoms with Crippen molar-refractivity contribution < 1.29 is 23.9 Å². The Morgan fingerprint density at radius 1 is 1.23 bits per heavy atom. The Morgan fingerprint density at radius 3 is 2.88 bits per heavy atom. The Balaban J connectivity index is 1.66. The van der Waals surface area contributed by atoms with Gasteiger partial charge < -0.3 is 9.47 Å². The van der Waals surface area contributed by atoms with Crippen LogP contribution in [0.4, 0.5) is 0 Å². The first-order valence-electron chi connectivity index (χ1n) is 9.92. The van der Waals surface area contributed by atoms with Gasteiger partial charge in [-0.2, -0.15) is 0 Å². The highest BCUT2D eigenvalue weighted by atomic mass is 16.5. The fourth-order valence-electron chi connectivity index (χ4n) is 6.51. The van der Waals surface area contributed by atoms with Gasteiger partial charge in [-0.25, -0.2) is 4.79 Å². The Bertz CT molecular complexity index is 777. The summed E-state index contributed by atoms with van der Waals surface area (Å²) in [4.78, 5) is 38.5. The second-order valence-corrected chi connectivity index (χ2v) is 8.41. The summed E-state index contributed by atoms with van der Waals surface area (Å²) < 4.78 is 11.8. The first-order chi connectivity index (χ1) is 12.5. The maximum atomic E-state index is 13.6. The average molecular weight is 356 g/mol. The van der Waals surface area contributed by atoms with E-state index in [0.29, 0.717) is 18.3 Å². The number of allylic oxidation sites excluding steroid dienone is 1. The molecule has 2 bridgehead atoms. The Kier molecular flexibility index (Phi) is 3.40. The third-order valence-electron chi connectivity index (χ3n) is 7.43. The molecule has 5 atom stereocenters. The lowest BCUT2D eigenvalue weighted by Crippen LogP contribution is -2.60. The summed E-state index contributed by atoms with van der Waals surface area (Å²) in [6, 6.07) is 0. The molecule has 2 saturated heterocycles.